The lowest BCUT2D eigenvalue weighted by Gasteiger charge is -2.10. The van der Waals surface area contributed by atoms with Gasteiger partial charge in [-0.05, 0) is 24.8 Å². The zero-order valence-electron chi connectivity index (χ0n) is 9.64. The van der Waals surface area contributed by atoms with Gasteiger partial charge in [0, 0.05) is 24.7 Å². The smallest absolute Gasteiger partial charge is 0.295 e. The Morgan fingerprint density at radius 1 is 1.41 bits per heavy atom. The maximum absolute atomic E-state index is 11.0. The lowest BCUT2D eigenvalue weighted by molar-refractivity contribution is -0.384. The number of hydrogen-bond acceptors (Lipinski definition) is 4. The molecule has 5 heteroatoms. The van der Waals surface area contributed by atoms with E-state index in [1.165, 1.54) is 0 Å². The lowest BCUT2D eigenvalue weighted by atomic mass is 10.1. The molecule has 2 aliphatic rings. The van der Waals surface area contributed by atoms with Gasteiger partial charge in [-0.15, -0.1) is 0 Å². The van der Waals surface area contributed by atoms with Gasteiger partial charge < -0.3 is 10.6 Å². The number of nitro groups is 1. The quantitative estimate of drug-likeness (QED) is 0.613. The van der Waals surface area contributed by atoms with Gasteiger partial charge in [0.05, 0.1) is 4.92 Å². The molecule has 2 atom stereocenters. The topological polar surface area (TPSA) is 67.2 Å². The third kappa shape index (κ3) is 1.67. The summed E-state index contributed by atoms with van der Waals surface area (Å²) in [7, 11) is 0. The van der Waals surface area contributed by atoms with Gasteiger partial charge in [0.1, 0.15) is 5.69 Å². The van der Waals surface area contributed by atoms with Crippen LogP contribution in [0.4, 0.5) is 11.4 Å². The molecule has 90 valence electrons. The van der Waals surface area contributed by atoms with E-state index in [1.807, 2.05) is 6.07 Å². The number of benzene rings is 1. The predicted molar refractivity (Wildman–Crippen MR) is 65.1 cm³/mol. The second-order valence-corrected chi connectivity index (χ2v) is 4.88. The van der Waals surface area contributed by atoms with Gasteiger partial charge in [-0.25, -0.2) is 0 Å². The number of para-hydroxylation sites is 1. The number of aryl methyl sites for hydroxylation is 1. The predicted octanol–water partition coefficient (Wildman–Crippen LogP) is 1.53. The number of nitrogens with one attached hydrogen (secondary N) is 2. The Bertz CT molecular complexity index is 465. The summed E-state index contributed by atoms with van der Waals surface area (Å²) in [6, 6.07) is 5.85. The van der Waals surface area contributed by atoms with Crippen LogP contribution < -0.4 is 10.6 Å². The highest BCUT2D eigenvalue weighted by Crippen LogP contribution is 2.45. The molecule has 2 N–H and O–H groups in total. The first-order chi connectivity index (χ1) is 8.18. The summed E-state index contributed by atoms with van der Waals surface area (Å²) >= 11 is 0. The van der Waals surface area contributed by atoms with Crippen LogP contribution in [0.5, 0.6) is 0 Å². The first kappa shape index (κ1) is 10.5. The van der Waals surface area contributed by atoms with Crippen LogP contribution in [0.25, 0.3) is 0 Å². The number of nitrogens with zero attached hydrogens (tertiary/aromatic N) is 1. The molecular formula is C12H15N3O2. The summed E-state index contributed by atoms with van der Waals surface area (Å²) < 4.78 is 0. The molecule has 2 fully saturated rings. The van der Waals surface area contributed by atoms with Crippen molar-refractivity contribution in [2.75, 3.05) is 18.4 Å². The Morgan fingerprint density at radius 2 is 2.12 bits per heavy atom. The first-order valence-corrected chi connectivity index (χ1v) is 5.90. The number of nitro benzene ring substituents is 1. The lowest BCUT2D eigenvalue weighted by Crippen LogP contribution is -2.21. The fraction of sp³-hybridized carbons (Fsp3) is 0.500. The van der Waals surface area contributed by atoms with Crippen molar-refractivity contribution < 1.29 is 4.92 Å². The summed E-state index contributed by atoms with van der Waals surface area (Å²) in [5.74, 6) is 1.30. The van der Waals surface area contributed by atoms with Crippen molar-refractivity contribution >= 4 is 11.4 Å². The minimum atomic E-state index is -0.298. The molecular weight excluding hydrogens is 218 g/mol. The number of hydrogen-bond donors (Lipinski definition) is 2. The Morgan fingerprint density at radius 3 is 2.76 bits per heavy atom. The molecule has 1 saturated carbocycles. The average molecular weight is 233 g/mol. The highest BCUT2D eigenvalue weighted by Gasteiger charge is 2.53. The van der Waals surface area contributed by atoms with E-state index in [2.05, 4.69) is 10.6 Å². The van der Waals surface area contributed by atoms with Crippen LogP contribution in [0.1, 0.15) is 5.56 Å². The summed E-state index contributed by atoms with van der Waals surface area (Å²) in [5, 5.41) is 17.7. The number of rotatable bonds is 3. The van der Waals surface area contributed by atoms with Crippen molar-refractivity contribution in [1.82, 2.24) is 5.32 Å². The maximum Gasteiger partial charge on any atom is 0.295 e. The second kappa shape index (κ2) is 3.70. The second-order valence-electron chi connectivity index (χ2n) is 4.88. The molecule has 0 aromatic heterocycles. The van der Waals surface area contributed by atoms with Crippen molar-refractivity contribution in [2.45, 2.75) is 13.0 Å². The minimum absolute atomic E-state index is 0.213. The van der Waals surface area contributed by atoms with Gasteiger partial charge in [0.25, 0.3) is 5.69 Å². The maximum atomic E-state index is 11.0. The van der Waals surface area contributed by atoms with Crippen molar-refractivity contribution in [2.24, 2.45) is 11.8 Å². The largest absolute Gasteiger partial charge is 0.376 e. The van der Waals surface area contributed by atoms with Gasteiger partial charge in [-0.2, -0.15) is 0 Å². The van der Waals surface area contributed by atoms with Crippen molar-refractivity contribution in [1.29, 1.82) is 0 Å². The fourth-order valence-electron chi connectivity index (χ4n) is 2.83. The molecule has 0 spiro atoms. The Kier molecular flexibility index (Phi) is 2.29. The third-order valence-electron chi connectivity index (χ3n) is 3.83. The van der Waals surface area contributed by atoms with Gasteiger partial charge >= 0.3 is 0 Å². The summed E-state index contributed by atoms with van der Waals surface area (Å²) in [5.41, 5.74) is 1.59. The van der Waals surface area contributed by atoms with E-state index in [9.17, 15) is 10.1 Å². The van der Waals surface area contributed by atoms with Crippen LogP contribution in [0.2, 0.25) is 0 Å². The van der Waals surface area contributed by atoms with E-state index in [0.717, 1.165) is 13.1 Å². The first-order valence-electron chi connectivity index (χ1n) is 5.90. The van der Waals surface area contributed by atoms with E-state index in [1.54, 1.807) is 19.1 Å². The molecule has 0 radical (unpaired) electrons. The summed E-state index contributed by atoms with van der Waals surface area (Å²) in [6.07, 6.45) is 0. The molecule has 1 aliphatic heterocycles. The Labute approximate surface area is 99.4 Å². The van der Waals surface area contributed by atoms with E-state index in [4.69, 9.17) is 0 Å². The standard InChI is InChI=1S/C12H15N3O2/c1-7-3-2-4-10(12(7)15(16)17)14-11-8-5-13-6-9(8)11/h2-4,8-9,11,13-14H,5-6H2,1H3. The zero-order valence-corrected chi connectivity index (χ0v) is 9.64. The fourth-order valence-corrected chi connectivity index (χ4v) is 2.83. The minimum Gasteiger partial charge on any atom is -0.376 e. The highest BCUT2D eigenvalue weighted by atomic mass is 16.6. The van der Waals surface area contributed by atoms with Crippen LogP contribution in [-0.4, -0.2) is 24.1 Å². The number of piperidine rings is 1. The third-order valence-corrected chi connectivity index (χ3v) is 3.83. The zero-order chi connectivity index (χ0) is 12.0. The van der Waals surface area contributed by atoms with E-state index >= 15 is 0 Å². The van der Waals surface area contributed by atoms with Crippen molar-refractivity contribution in [3.8, 4) is 0 Å². The SMILES string of the molecule is Cc1cccc(NC2C3CNCC32)c1[N+](=O)[O-]. The van der Waals surface area contributed by atoms with Crippen molar-refractivity contribution in [3.63, 3.8) is 0 Å². The molecule has 1 saturated heterocycles. The molecule has 1 aromatic rings. The molecule has 1 aromatic carbocycles. The van der Waals surface area contributed by atoms with Crippen LogP contribution >= 0.6 is 0 Å². The highest BCUT2D eigenvalue weighted by molar-refractivity contribution is 5.66. The van der Waals surface area contributed by atoms with Gasteiger partial charge in [-0.3, -0.25) is 10.1 Å². The van der Waals surface area contributed by atoms with Crippen LogP contribution in [0, 0.1) is 28.9 Å². The average Bonchev–Trinajstić information content (AvgIpc) is 2.74. The molecule has 0 amide bonds. The summed E-state index contributed by atoms with van der Waals surface area (Å²) in [6.45, 7) is 3.84. The number of fused-ring (bicyclic) bond motifs is 1. The molecule has 0 bridgehead atoms. The van der Waals surface area contributed by atoms with Crippen LogP contribution in [0.3, 0.4) is 0 Å². The van der Waals surface area contributed by atoms with E-state index in [-0.39, 0.29) is 10.6 Å². The summed E-state index contributed by atoms with van der Waals surface area (Å²) in [4.78, 5) is 10.7. The van der Waals surface area contributed by atoms with Gasteiger partial charge in [-0.1, -0.05) is 12.1 Å². The normalized spacial score (nSPS) is 29.8. The molecule has 1 heterocycles. The van der Waals surface area contributed by atoms with E-state index < -0.39 is 0 Å². The van der Waals surface area contributed by atoms with Crippen LogP contribution in [-0.2, 0) is 0 Å². The van der Waals surface area contributed by atoms with Gasteiger partial charge in [0.2, 0.25) is 0 Å². The van der Waals surface area contributed by atoms with E-state index in [0.29, 0.717) is 29.1 Å². The molecule has 17 heavy (non-hydrogen) atoms. The molecule has 5 nitrogen and oxygen atoms in total. The molecule has 2 unspecified atom stereocenters. The monoisotopic (exact) mass is 233 g/mol. The number of anilines is 1. The van der Waals surface area contributed by atoms with Crippen molar-refractivity contribution in [3.05, 3.63) is 33.9 Å². The van der Waals surface area contributed by atoms with Gasteiger partial charge in [0.15, 0.2) is 0 Å². The molecule has 1 aliphatic carbocycles. The Balaban J connectivity index is 1.83. The molecule has 3 rings (SSSR count). The van der Waals surface area contributed by atoms with Crippen LogP contribution in [0.15, 0.2) is 18.2 Å². The Hall–Kier alpha value is -1.62.